The molecule has 0 aliphatic heterocycles. The molecule has 0 atom stereocenters. The maximum absolute atomic E-state index is 5.51. The first kappa shape index (κ1) is 20.4. The summed E-state index contributed by atoms with van der Waals surface area (Å²) in [6, 6.07) is 9.67. The summed E-state index contributed by atoms with van der Waals surface area (Å²) in [6.45, 7) is 8.85. The Bertz CT molecular complexity index is 384. The number of ether oxygens (including phenoxy) is 6. The number of rotatable bonds is 17. The molecule has 24 heavy (non-hydrogen) atoms. The van der Waals surface area contributed by atoms with Gasteiger partial charge in [-0.3, -0.25) is 0 Å². The zero-order valence-electron chi connectivity index (χ0n) is 14.2. The predicted molar refractivity (Wildman–Crippen MR) is 91.4 cm³/mol. The van der Waals surface area contributed by atoms with Gasteiger partial charge < -0.3 is 28.4 Å². The van der Waals surface area contributed by atoms with Crippen LogP contribution in [0.15, 0.2) is 43.2 Å². The van der Waals surface area contributed by atoms with Crippen molar-refractivity contribution in [3.05, 3.63) is 43.2 Å². The van der Waals surface area contributed by atoms with Crippen LogP contribution in [0.25, 0.3) is 0 Å². The summed E-state index contributed by atoms with van der Waals surface area (Å²) in [5.74, 6) is 0.853. The highest BCUT2D eigenvalue weighted by Gasteiger charge is 1.94. The van der Waals surface area contributed by atoms with Crippen LogP contribution < -0.4 is 4.74 Å². The van der Waals surface area contributed by atoms with E-state index in [1.165, 1.54) is 6.26 Å². The summed E-state index contributed by atoms with van der Waals surface area (Å²) < 4.78 is 31.9. The van der Waals surface area contributed by atoms with Crippen molar-refractivity contribution >= 4 is 0 Å². The van der Waals surface area contributed by atoms with Crippen LogP contribution in [0, 0.1) is 0 Å². The molecule has 0 aliphatic rings. The lowest BCUT2D eigenvalue weighted by atomic mass is 10.3. The molecule has 0 heterocycles. The zero-order chi connectivity index (χ0) is 17.1. The molecule has 0 radical (unpaired) electrons. The van der Waals surface area contributed by atoms with E-state index in [2.05, 4.69) is 6.58 Å². The van der Waals surface area contributed by atoms with E-state index >= 15 is 0 Å². The first-order valence-corrected chi connectivity index (χ1v) is 8.15. The van der Waals surface area contributed by atoms with Crippen LogP contribution in [0.1, 0.15) is 0 Å². The second-order valence-electron chi connectivity index (χ2n) is 4.65. The minimum Gasteiger partial charge on any atom is -0.499 e. The SMILES string of the molecule is C=COCCOCCOCCOCCOCCOc1ccccc1. The maximum Gasteiger partial charge on any atom is 0.119 e. The Balaban J connectivity index is 1.71. The molecule has 6 heteroatoms. The quantitative estimate of drug-likeness (QED) is 0.320. The van der Waals surface area contributed by atoms with Crippen molar-refractivity contribution in [2.45, 2.75) is 0 Å². The van der Waals surface area contributed by atoms with Crippen LogP contribution in [0.2, 0.25) is 0 Å². The van der Waals surface area contributed by atoms with Gasteiger partial charge in [0.05, 0.1) is 59.1 Å². The van der Waals surface area contributed by atoms with Gasteiger partial charge >= 0.3 is 0 Å². The van der Waals surface area contributed by atoms with Gasteiger partial charge in [0.15, 0.2) is 0 Å². The third-order valence-electron chi connectivity index (χ3n) is 2.82. The minimum absolute atomic E-state index is 0.517. The van der Waals surface area contributed by atoms with Crippen LogP contribution in [0.3, 0.4) is 0 Å². The molecule has 0 aromatic heterocycles. The Morgan fingerprint density at radius 2 is 1.08 bits per heavy atom. The van der Waals surface area contributed by atoms with Crippen molar-refractivity contribution < 1.29 is 28.4 Å². The first-order valence-electron chi connectivity index (χ1n) is 8.15. The van der Waals surface area contributed by atoms with Gasteiger partial charge in [-0.05, 0) is 12.1 Å². The zero-order valence-corrected chi connectivity index (χ0v) is 14.2. The Morgan fingerprint density at radius 3 is 1.58 bits per heavy atom. The standard InChI is InChI=1S/C18H28O6/c1-2-19-8-9-20-10-11-21-12-13-22-14-15-23-16-17-24-18-6-4-3-5-7-18/h2-7H,1,8-17H2. The van der Waals surface area contributed by atoms with E-state index in [0.29, 0.717) is 66.1 Å². The van der Waals surface area contributed by atoms with Gasteiger partial charge in [-0.1, -0.05) is 24.8 Å². The van der Waals surface area contributed by atoms with E-state index in [1.54, 1.807) is 0 Å². The molecule has 0 saturated carbocycles. The van der Waals surface area contributed by atoms with Crippen LogP contribution in [0.5, 0.6) is 5.75 Å². The average molecular weight is 340 g/mol. The minimum atomic E-state index is 0.517. The Kier molecular flexibility index (Phi) is 13.9. The van der Waals surface area contributed by atoms with Gasteiger partial charge in [0.2, 0.25) is 0 Å². The normalized spacial score (nSPS) is 10.5. The van der Waals surface area contributed by atoms with Gasteiger partial charge in [0.25, 0.3) is 0 Å². The van der Waals surface area contributed by atoms with E-state index in [4.69, 9.17) is 28.4 Å². The van der Waals surface area contributed by atoms with E-state index in [1.807, 2.05) is 30.3 Å². The van der Waals surface area contributed by atoms with Crippen LogP contribution in [-0.4, -0.2) is 66.1 Å². The molecule has 1 aromatic rings. The lowest BCUT2D eigenvalue weighted by molar-refractivity contribution is -0.00833. The molecule has 0 saturated heterocycles. The largest absolute Gasteiger partial charge is 0.499 e. The highest BCUT2D eigenvalue weighted by Crippen LogP contribution is 2.07. The summed E-state index contributed by atoms with van der Waals surface area (Å²) in [5, 5.41) is 0. The molecule has 0 spiro atoms. The molecule has 1 aromatic carbocycles. The van der Waals surface area contributed by atoms with E-state index in [0.717, 1.165) is 5.75 Å². The average Bonchev–Trinajstić information content (AvgIpc) is 2.62. The molecular formula is C18H28O6. The van der Waals surface area contributed by atoms with Gasteiger partial charge in [-0.25, -0.2) is 0 Å². The summed E-state index contributed by atoms with van der Waals surface area (Å²) >= 11 is 0. The fourth-order valence-electron chi connectivity index (χ4n) is 1.69. The van der Waals surface area contributed by atoms with Crippen molar-refractivity contribution in [1.29, 1.82) is 0 Å². The first-order chi connectivity index (χ1) is 11.9. The summed E-state index contributed by atoms with van der Waals surface area (Å²) in [7, 11) is 0. The number of benzene rings is 1. The van der Waals surface area contributed by atoms with Crippen molar-refractivity contribution in [2.24, 2.45) is 0 Å². The monoisotopic (exact) mass is 340 g/mol. The second kappa shape index (κ2) is 16.3. The topological polar surface area (TPSA) is 55.4 Å². The second-order valence-corrected chi connectivity index (χ2v) is 4.65. The summed E-state index contributed by atoms with van der Waals surface area (Å²) in [6.07, 6.45) is 1.40. The summed E-state index contributed by atoms with van der Waals surface area (Å²) in [4.78, 5) is 0. The maximum atomic E-state index is 5.51. The molecule has 0 amide bonds. The Morgan fingerprint density at radius 1 is 0.625 bits per heavy atom. The van der Waals surface area contributed by atoms with Crippen LogP contribution >= 0.6 is 0 Å². The molecule has 1 rings (SSSR count). The number of hydrogen-bond donors (Lipinski definition) is 0. The highest BCUT2D eigenvalue weighted by molar-refractivity contribution is 5.20. The molecule has 0 aliphatic carbocycles. The summed E-state index contributed by atoms with van der Waals surface area (Å²) in [5.41, 5.74) is 0. The number of para-hydroxylation sites is 1. The van der Waals surface area contributed by atoms with Gasteiger partial charge in [0, 0.05) is 0 Å². The van der Waals surface area contributed by atoms with E-state index in [9.17, 15) is 0 Å². The van der Waals surface area contributed by atoms with Crippen LogP contribution in [-0.2, 0) is 23.7 Å². The Hall–Kier alpha value is -1.60. The van der Waals surface area contributed by atoms with E-state index in [-0.39, 0.29) is 0 Å². The van der Waals surface area contributed by atoms with E-state index < -0.39 is 0 Å². The Labute approximate surface area is 144 Å². The third-order valence-corrected chi connectivity index (χ3v) is 2.82. The fraction of sp³-hybridized carbons (Fsp3) is 0.556. The van der Waals surface area contributed by atoms with Crippen molar-refractivity contribution in [1.82, 2.24) is 0 Å². The predicted octanol–water partition coefficient (Wildman–Crippen LogP) is 2.29. The molecular weight excluding hydrogens is 312 g/mol. The smallest absolute Gasteiger partial charge is 0.119 e. The van der Waals surface area contributed by atoms with Gasteiger partial charge in [0.1, 0.15) is 19.0 Å². The third kappa shape index (κ3) is 12.9. The molecule has 0 fully saturated rings. The molecule has 136 valence electrons. The number of hydrogen-bond acceptors (Lipinski definition) is 6. The van der Waals surface area contributed by atoms with Crippen molar-refractivity contribution in [3.8, 4) is 5.75 Å². The molecule has 0 N–H and O–H groups in total. The lowest BCUT2D eigenvalue weighted by Gasteiger charge is -2.08. The van der Waals surface area contributed by atoms with Gasteiger partial charge in [-0.2, -0.15) is 0 Å². The van der Waals surface area contributed by atoms with Crippen molar-refractivity contribution in [3.63, 3.8) is 0 Å². The van der Waals surface area contributed by atoms with Gasteiger partial charge in [-0.15, -0.1) is 0 Å². The fourth-order valence-corrected chi connectivity index (χ4v) is 1.69. The molecule has 6 nitrogen and oxygen atoms in total. The van der Waals surface area contributed by atoms with Crippen LogP contribution in [0.4, 0.5) is 0 Å². The highest BCUT2D eigenvalue weighted by atomic mass is 16.6. The lowest BCUT2D eigenvalue weighted by Crippen LogP contribution is -2.14. The molecule has 0 unspecified atom stereocenters. The molecule has 0 bridgehead atoms. The van der Waals surface area contributed by atoms with Crippen molar-refractivity contribution in [2.75, 3.05) is 66.1 Å².